The molecule has 1 aliphatic rings. The quantitative estimate of drug-likeness (QED) is 0.725. The molecule has 0 unspecified atom stereocenters. The number of hydrogen-bond donors (Lipinski definition) is 0. The van der Waals surface area contributed by atoms with Crippen LogP contribution in [0.2, 0.25) is 0 Å². The number of nitrogens with zero attached hydrogens (tertiary/aromatic N) is 1. The van der Waals surface area contributed by atoms with E-state index in [1.54, 1.807) is 17.0 Å². The number of rotatable bonds is 3. The van der Waals surface area contributed by atoms with Crippen LogP contribution in [0.25, 0.3) is 0 Å². The van der Waals surface area contributed by atoms with E-state index in [9.17, 15) is 14.0 Å². The Morgan fingerprint density at radius 3 is 2.69 bits per heavy atom. The molecule has 1 amide bonds. The zero-order valence-electron chi connectivity index (χ0n) is 8.73. The highest BCUT2D eigenvalue weighted by Gasteiger charge is 2.30. The zero-order valence-corrected chi connectivity index (χ0v) is 8.73. The molecule has 0 aliphatic carbocycles. The van der Waals surface area contributed by atoms with Crippen LogP contribution < -0.4 is 0 Å². The minimum atomic E-state index is -0.322. The molecule has 1 fully saturated rings. The second-order valence-corrected chi connectivity index (χ2v) is 3.89. The molecule has 1 heterocycles. The molecule has 84 valence electrons. The fourth-order valence-corrected chi connectivity index (χ4v) is 1.89. The largest absolute Gasteiger partial charge is 0.329 e. The topological polar surface area (TPSA) is 37.4 Å². The summed E-state index contributed by atoms with van der Waals surface area (Å²) in [6.07, 6.45) is 1.81. The van der Waals surface area contributed by atoms with Gasteiger partial charge < -0.3 is 9.69 Å². The zero-order chi connectivity index (χ0) is 11.5. The number of carbonyl (C=O) groups excluding carboxylic acids is 2. The second kappa shape index (κ2) is 4.43. The third-order valence-electron chi connectivity index (χ3n) is 2.80. The molecule has 1 aliphatic heterocycles. The van der Waals surface area contributed by atoms with Gasteiger partial charge in [0.25, 0.3) is 0 Å². The lowest BCUT2D eigenvalue weighted by molar-refractivity contribution is -0.131. The predicted molar refractivity (Wildman–Crippen MR) is 56.0 cm³/mol. The van der Waals surface area contributed by atoms with Gasteiger partial charge >= 0.3 is 0 Å². The summed E-state index contributed by atoms with van der Waals surface area (Å²) in [7, 11) is 0. The van der Waals surface area contributed by atoms with Gasteiger partial charge in [-0.15, -0.1) is 0 Å². The molecule has 1 aromatic carbocycles. The highest BCUT2D eigenvalue weighted by molar-refractivity contribution is 5.83. The van der Waals surface area contributed by atoms with Crippen molar-refractivity contribution in [1.82, 2.24) is 4.90 Å². The molecule has 0 N–H and O–H groups in total. The van der Waals surface area contributed by atoms with Crippen LogP contribution in [-0.2, 0) is 16.1 Å². The third-order valence-corrected chi connectivity index (χ3v) is 2.80. The van der Waals surface area contributed by atoms with E-state index >= 15 is 0 Å². The molecule has 1 atom stereocenters. The van der Waals surface area contributed by atoms with Gasteiger partial charge in [0, 0.05) is 13.0 Å². The fourth-order valence-electron chi connectivity index (χ4n) is 1.89. The van der Waals surface area contributed by atoms with Crippen molar-refractivity contribution >= 4 is 12.2 Å². The van der Waals surface area contributed by atoms with Crippen LogP contribution in [0.15, 0.2) is 24.3 Å². The number of aldehydes is 1. The first-order valence-corrected chi connectivity index (χ1v) is 5.20. The van der Waals surface area contributed by atoms with E-state index in [1.165, 1.54) is 12.1 Å². The Morgan fingerprint density at radius 2 is 2.06 bits per heavy atom. The summed E-state index contributed by atoms with van der Waals surface area (Å²) >= 11 is 0. The monoisotopic (exact) mass is 221 g/mol. The Morgan fingerprint density at radius 1 is 1.38 bits per heavy atom. The van der Waals surface area contributed by atoms with Crippen molar-refractivity contribution in [3.05, 3.63) is 35.6 Å². The molecular weight excluding hydrogens is 209 g/mol. The average molecular weight is 221 g/mol. The van der Waals surface area contributed by atoms with E-state index in [2.05, 4.69) is 0 Å². The Kier molecular flexibility index (Phi) is 2.99. The van der Waals surface area contributed by atoms with Gasteiger partial charge in [-0.25, -0.2) is 4.39 Å². The number of carbonyl (C=O) groups is 2. The lowest BCUT2D eigenvalue weighted by atomic mass is 10.2. The molecule has 2 rings (SSSR count). The molecule has 0 aromatic heterocycles. The summed E-state index contributed by atoms with van der Waals surface area (Å²) in [4.78, 5) is 23.8. The summed E-state index contributed by atoms with van der Waals surface area (Å²) in [6.45, 7) is 0.377. The van der Waals surface area contributed by atoms with E-state index in [0.29, 0.717) is 19.4 Å². The van der Waals surface area contributed by atoms with Crippen LogP contribution in [0.3, 0.4) is 0 Å². The number of halogens is 1. The predicted octanol–water partition coefficient (Wildman–Crippen LogP) is 1.52. The van der Waals surface area contributed by atoms with Crippen molar-refractivity contribution in [3.63, 3.8) is 0 Å². The third kappa shape index (κ3) is 2.10. The fraction of sp³-hybridized carbons (Fsp3) is 0.333. The van der Waals surface area contributed by atoms with Crippen molar-refractivity contribution in [2.45, 2.75) is 25.4 Å². The van der Waals surface area contributed by atoms with Crippen LogP contribution in [0.1, 0.15) is 18.4 Å². The first kappa shape index (κ1) is 10.8. The maximum absolute atomic E-state index is 12.7. The highest BCUT2D eigenvalue weighted by Crippen LogP contribution is 2.20. The van der Waals surface area contributed by atoms with Gasteiger partial charge in [-0.05, 0) is 24.1 Å². The highest BCUT2D eigenvalue weighted by atomic mass is 19.1. The first-order chi connectivity index (χ1) is 7.70. The first-order valence-electron chi connectivity index (χ1n) is 5.20. The van der Waals surface area contributed by atoms with Crippen molar-refractivity contribution < 1.29 is 14.0 Å². The van der Waals surface area contributed by atoms with Crippen LogP contribution in [0.5, 0.6) is 0 Å². The van der Waals surface area contributed by atoms with E-state index in [0.717, 1.165) is 11.8 Å². The van der Waals surface area contributed by atoms with E-state index < -0.39 is 0 Å². The van der Waals surface area contributed by atoms with Gasteiger partial charge in [-0.1, -0.05) is 12.1 Å². The van der Waals surface area contributed by atoms with Gasteiger partial charge in [-0.2, -0.15) is 0 Å². The molecule has 1 aromatic rings. The molecule has 1 saturated heterocycles. The minimum absolute atomic E-state index is 0.0126. The summed E-state index contributed by atoms with van der Waals surface area (Å²) in [6, 6.07) is 5.64. The lowest BCUT2D eigenvalue weighted by Crippen LogP contribution is -2.33. The number of amides is 1. The van der Waals surface area contributed by atoms with Crippen molar-refractivity contribution in [2.24, 2.45) is 0 Å². The maximum atomic E-state index is 12.7. The molecular formula is C12H12FNO2. The van der Waals surface area contributed by atoms with Crippen molar-refractivity contribution in [2.75, 3.05) is 0 Å². The van der Waals surface area contributed by atoms with Gasteiger partial charge in [0.15, 0.2) is 0 Å². The van der Waals surface area contributed by atoms with E-state index in [-0.39, 0.29) is 17.8 Å². The molecule has 0 spiro atoms. The molecule has 0 bridgehead atoms. The smallest absolute Gasteiger partial charge is 0.223 e. The summed E-state index contributed by atoms with van der Waals surface area (Å²) in [5.74, 6) is -0.315. The number of benzene rings is 1. The molecule has 4 heteroatoms. The Labute approximate surface area is 92.9 Å². The molecule has 3 nitrogen and oxygen atoms in total. The standard InChI is InChI=1S/C12H12FNO2/c13-10-3-1-9(2-4-10)7-14-11(8-15)5-6-12(14)16/h1-4,8,11H,5-7H2/t11-/m1/s1. The van der Waals surface area contributed by atoms with Crippen molar-refractivity contribution in [3.8, 4) is 0 Å². The molecule has 0 saturated carbocycles. The van der Waals surface area contributed by atoms with Gasteiger partial charge in [0.1, 0.15) is 12.1 Å². The second-order valence-electron chi connectivity index (χ2n) is 3.89. The summed E-state index contributed by atoms with van der Waals surface area (Å²) in [5, 5.41) is 0. The summed E-state index contributed by atoms with van der Waals surface area (Å²) in [5.41, 5.74) is 0.837. The van der Waals surface area contributed by atoms with Crippen molar-refractivity contribution in [1.29, 1.82) is 0 Å². The minimum Gasteiger partial charge on any atom is -0.329 e. The normalized spacial score (nSPS) is 20.2. The number of hydrogen-bond acceptors (Lipinski definition) is 2. The molecule has 16 heavy (non-hydrogen) atoms. The SMILES string of the molecule is O=C[C@H]1CCC(=O)N1Cc1ccc(F)cc1. The Balaban J connectivity index is 2.11. The summed E-state index contributed by atoms with van der Waals surface area (Å²) < 4.78 is 12.7. The van der Waals surface area contributed by atoms with Gasteiger partial charge in [0.2, 0.25) is 5.91 Å². The van der Waals surface area contributed by atoms with Crippen LogP contribution in [0.4, 0.5) is 4.39 Å². The van der Waals surface area contributed by atoms with E-state index in [4.69, 9.17) is 0 Å². The van der Waals surface area contributed by atoms with Crippen LogP contribution in [-0.4, -0.2) is 23.1 Å². The Hall–Kier alpha value is -1.71. The Bertz CT molecular complexity index is 402. The molecule has 0 radical (unpaired) electrons. The van der Waals surface area contributed by atoms with Crippen LogP contribution in [0, 0.1) is 5.82 Å². The van der Waals surface area contributed by atoms with E-state index in [1.807, 2.05) is 0 Å². The van der Waals surface area contributed by atoms with Gasteiger partial charge in [0.05, 0.1) is 6.04 Å². The van der Waals surface area contributed by atoms with Crippen LogP contribution >= 0.6 is 0 Å². The maximum Gasteiger partial charge on any atom is 0.223 e. The number of likely N-dealkylation sites (tertiary alicyclic amines) is 1. The van der Waals surface area contributed by atoms with Gasteiger partial charge in [-0.3, -0.25) is 4.79 Å². The average Bonchev–Trinajstić information content (AvgIpc) is 2.63. The lowest BCUT2D eigenvalue weighted by Gasteiger charge is -2.20.